The van der Waals surface area contributed by atoms with Crippen molar-refractivity contribution in [2.75, 3.05) is 12.3 Å². The van der Waals surface area contributed by atoms with Crippen molar-refractivity contribution in [3.8, 4) is 0 Å². The summed E-state index contributed by atoms with van der Waals surface area (Å²) in [5.41, 5.74) is 2.55. The second kappa shape index (κ2) is 6.03. The molecule has 0 saturated heterocycles. The predicted molar refractivity (Wildman–Crippen MR) is 77.2 cm³/mol. The number of sulfonamides is 1. The minimum atomic E-state index is -3.34. The van der Waals surface area contributed by atoms with Gasteiger partial charge < -0.3 is 5.32 Å². The van der Waals surface area contributed by atoms with Crippen molar-refractivity contribution < 1.29 is 8.42 Å². The van der Waals surface area contributed by atoms with Crippen LogP contribution < -0.4 is 10.5 Å². The summed E-state index contributed by atoms with van der Waals surface area (Å²) in [6.07, 6.45) is 3.06. The molecule has 19 heavy (non-hydrogen) atoms. The van der Waals surface area contributed by atoms with E-state index in [4.69, 9.17) is 5.14 Å². The van der Waals surface area contributed by atoms with E-state index in [-0.39, 0.29) is 5.75 Å². The maximum absolute atomic E-state index is 10.9. The Morgan fingerprint density at radius 3 is 2.47 bits per heavy atom. The van der Waals surface area contributed by atoms with E-state index in [1.807, 2.05) is 0 Å². The molecule has 1 aromatic rings. The quantitative estimate of drug-likeness (QED) is 0.748. The van der Waals surface area contributed by atoms with Crippen molar-refractivity contribution in [1.29, 1.82) is 0 Å². The fraction of sp³-hybridized carbons (Fsp3) is 0.571. The van der Waals surface area contributed by atoms with Crippen LogP contribution >= 0.6 is 0 Å². The van der Waals surface area contributed by atoms with Crippen LogP contribution in [0.5, 0.6) is 0 Å². The molecule has 1 aliphatic carbocycles. The summed E-state index contributed by atoms with van der Waals surface area (Å²) < 4.78 is 21.8. The van der Waals surface area contributed by atoms with E-state index in [2.05, 4.69) is 36.5 Å². The van der Waals surface area contributed by atoms with E-state index in [1.165, 1.54) is 24.0 Å². The Balaban J connectivity index is 1.88. The molecule has 106 valence electrons. The van der Waals surface area contributed by atoms with Gasteiger partial charge in [-0.2, -0.15) is 0 Å². The standard InChI is InChI=1S/C14H22N2O2S/c1-11-3-5-12(6-4-11)14(13-7-8-13)16-9-2-10-19(15,17)18/h3-6,13-14,16H,2,7-10H2,1H3,(H2,15,17,18). The molecule has 0 bridgehead atoms. The highest BCUT2D eigenvalue weighted by Gasteiger charge is 2.31. The summed E-state index contributed by atoms with van der Waals surface area (Å²) in [6, 6.07) is 8.91. The van der Waals surface area contributed by atoms with E-state index in [0.717, 1.165) is 0 Å². The van der Waals surface area contributed by atoms with Gasteiger partial charge in [0.25, 0.3) is 0 Å². The smallest absolute Gasteiger partial charge is 0.209 e. The zero-order chi connectivity index (χ0) is 13.9. The first-order chi connectivity index (χ1) is 8.96. The molecule has 1 fully saturated rings. The Kier molecular flexibility index (Phi) is 4.60. The topological polar surface area (TPSA) is 72.2 Å². The first-order valence-corrected chi connectivity index (χ1v) is 8.48. The Morgan fingerprint density at radius 2 is 1.95 bits per heavy atom. The van der Waals surface area contributed by atoms with Gasteiger partial charge in [-0.1, -0.05) is 29.8 Å². The van der Waals surface area contributed by atoms with Gasteiger partial charge in [-0.25, -0.2) is 13.6 Å². The molecule has 0 heterocycles. The zero-order valence-corrected chi connectivity index (χ0v) is 12.1. The van der Waals surface area contributed by atoms with Gasteiger partial charge >= 0.3 is 0 Å². The van der Waals surface area contributed by atoms with E-state index in [1.54, 1.807) is 0 Å². The van der Waals surface area contributed by atoms with Crippen LogP contribution in [0.2, 0.25) is 0 Å². The van der Waals surface area contributed by atoms with E-state index in [9.17, 15) is 8.42 Å². The molecule has 5 heteroatoms. The highest BCUT2D eigenvalue weighted by atomic mass is 32.2. The Labute approximate surface area is 115 Å². The molecule has 0 amide bonds. The summed E-state index contributed by atoms with van der Waals surface area (Å²) in [7, 11) is -3.34. The van der Waals surface area contributed by atoms with Gasteiger partial charge in [-0.05, 0) is 44.2 Å². The second-order valence-electron chi connectivity index (χ2n) is 5.40. The number of benzene rings is 1. The Bertz CT molecular complexity index is 507. The van der Waals surface area contributed by atoms with Crippen LogP contribution in [-0.2, 0) is 10.0 Å². The summed E-state index contributed by atoms with van der Waals surface area (Å²) in [6.45, 7) is 2.76. The number of aryl methyl sites for hydroxylation is 1. The minimum absolute atomic E-state index is 0.0469. The third-order valence-electron chi connectivity index (χ3n) is 3.50. The lowest BCUT2D eigenvalue weighted by Crippen LogP contribution is -2.27. The summed E-state index contributed by atoms with van der Waals surface area (Å²) in [5, 5.41) is 8.47. The normalized spacial score (nSPS) is 17.4. The van der Waals surface area contributed by atoms with Gasteiger partial charge in [0.1, 0.15) is 0 Å². The van der Waals surface area contributed by atoms with Crippen LogP contribution in [0.1, 0.15) is 36.4 Å². The van der Waals surface area contributed by atoms with Gasteiger partial charge in [0, 0.05) is 6.04 Å². The third-order valence-corrected chi connectivity index (χ3v) is 4.36. The molecule has 2 rings (SSSR count). The molecule has 0 radical (unpaired) electrons. The first kappa shape index (κ1) is 14.5. The highest BCUT2D eigenvalue weighted by Crippen LogP contribution is 2.40. The Morgan fingerprint density at radius 1 is 1.32 bits per heavy atom. The van der Waals surface area contributed by atoms with Crippen LogP contribution in [0.15, 0.2) is 24.3 Å². The van der Waals surface area contributed by atoms with Gasteiger partial charge in [-0.3, -0.25) is 0 Å². The minimum Gasteiger partial charge on any atom is -0.310 e. The van der Waals surface area contributed by atoms with Gasteiger partial charge in [-0.15, -0.1) is 0 Å². The molecule has 0 aliphatic heterocycles. The van der Waals surface area contributed by atoms with Gasteiger partial charge in [0.05, 0.1) is 5.75 Å². The molecule has 0 aromatic heterocycles. The van der Waals surface area contributed by atoms with E-state index in [0.29, 0.717) is 24.9 Å². The highest BCUT2D eigenvalue weighted by molar-refractivity contribution is 7.89. The number of primary sulfonamides is 1. The summed E-state index contributed by atoms with van der Waals surface area (Å²) in [4.78, 5) is 0. The fourth-order valence-corrected chi connectivity index (χ4v) is 2.84. The van der Waals surface area contributed by atoms with E-state index >= 15 is 0 Å². The predicted octanol–water partition coefficient (Wildman–Crippen LogP) is 1.71. The number of hydrogen-bond donors (Lipinski definition) is 2. The van der Waals surface area contributed by atoms with Crippen LogP contribution in [0.25, 0.3) is 0 Å². The maximum Gasteiger partial charge on any atom is 0.209 e. The summed E-state index contributed by atoms with van der Waals surface area (Å²) in [5.74, 6) is 0.739. The number of nitrogens with two attached hydrogens (primary N) is 1. The maximum atomic E-state index is 10.9. The lowest BCUT2D eigenvalue weighted by Gasteiger charge is -2.19. The molecule has 4 nitrogen and oxygen atoms in total. The van der Waals surface area contributed by atoms with Crippen molar-refractivity contribution in [1.82, 2.24) is 5.32 Å². The molecule has 3 N–H and O–H groups in total. The fourth-order valence-electron chi connectivity index (χ4n) is 2.29. The summed E-state index contributed by atoms with van der Waals surface area (Å²) >= 11 is 0. The number of rotatable bonds is 7. The van der Waals surface area contributed by atoms with Crippen molar-refractivity contribution in [2.45, 2.75) is 32.2 Å². The largest absolute Gasteiger partial charge is 0.310 e. The first-order valence-electron chi connectivity index (χ1n) is 6.76. The van der Waals surface area contributed by atoms with Gasteiger partial charge in [0.2, 0.25) is 10.0 Å². The van der Waals surface area contributed by atoms with E-state index < -0.39 is 10.0 Å². The second-order valence-corrected chi connectivity index (χ2v) is 7.13. The molecule has 1 aromatic carbocycles. The molecule has 0 spiro atoms. The van der Waals surface area contributed by atoms with Crippen LogP contribution in [0.4, 0.5) is 0 Å². The molecule has 1 atom stereocenters. The van der Waals surface area contributed by atoms with Crippen molar-refractivity contribution in [3.63, 3.8) is 0 Å². The molecule has 1 aliphatic rings. The average molecular weight is 282 g/mol. The van der Waals surface area contributed by atoms with Crippen molar-refractivity contribution in [2.24, 2.45) is 11.1 Å². The van der Waals surface area contributed by atoms with Crippen LogP contribution in [-0.4, -0.2) is 20.7 Å². The SMILES string of the molecule is Cc1ccc(C(NCCCS(N)(=O)=O)C2CC2)cc1. The number of hydrogen-bond acceptors (Lipinski definition) is 3. The lowest BCUT2D eigenvalue weighted by molar-refractivity contribution is 0.480. The monoisotopic (exact) mass is 282 g/mol. The zero-order valence-electron chi connectivity index (χ0n) is 11.3. The average Bonchev–Trinajstić information content (AvgIpc) is 3.14. The Hall–Kier alpha value is -0.910. The lowest BCUT2D eigenvalue weighted by atomic mass is 10.0. The van der Waals surface area contributed by atoms with Gasteiger partial charge in [0.15, 0.2) is 0 Å². The molecule has 1 unspecified atom stereocenters. The molecular weight excluding hydrogens is 260 g/mol. The van der Waals surface area contributed by atoms with Crippen molar-refractivity contribution >= 4 is 10.0 Å². The number of nitrogens with one attached hydrogen (secondary N) is 1. The van der Waals surface area contributed by atoms with Crippen molar-refractivity contribution in [3.05, 3.63) is 35.4 Å². The third kappa shape index (κ3) is 4.93. The van der Waals surface area contributed by atoms with Crippen LogP contribution in [0.3, 0.4) is 0 Å². The molecular formula is C14H22N2O2S. The molecule has 1 saturated carbocycles. The van der Waals surface area contributed by atoms with Crippen LogP contribution in [0, 0.1) is 12.8 Å².